The second kappa shape index (κ2) is 12.7. The molecule has 5 rings (SSSR count). The van der Waals surface area contributed by atoms with Gasteiger partial charge in [0.2, 0.25) is 11.8 Å². The number of nitrogens with one attached hydrogen (secondary N) is 3. The van der Waals surface area contributed by atoms with E-state index in [4.69, 9.17) is 4.98 Å². The second-order valence-corrected chi connectivity index (χ2v) is 15.1. The van der Waals surface area contributed by atoms with Crippen LogP contribution in [0, 0.1) is 11.8 Å². The normalized spacial score (nSPS) is 22.6. The number of carbonyl (C=O) groups excluding carboxylic acids is 3. The van der Waals surface area contributed by atoms with Crippen LogP contribution in [0.1, 0.15) is 86.6 Å². The molecule has 0 bridgehead atoms. The lowest BCUT2D eigenvalue weighted by molar-refractivity contribution is -0.130. The quantitative estimate of drug-likeness (QED) is 0.247. The van der Waals surface area contributed by atoms with Gasteiger partial charge < -0.3 is 15.6 Å². The molecule has 2 aromatic heterocycles. The van der Waals surface area contributed by atoms with E-state index in [0.29, 0.717) is 23.2 Å². The van der Waals surface area contributed by atoms with Crippen LogP contribution in [-0.2, 0) is 23.1 Å². The average molecular weight is 590 g/mol. The lowest BCUT2D eigenvalue weighted by atomic mass is 9.76. The molecule has 2 heterocycles. The summed E-state index contributed by atoms with van der Waals surface area (Å²) in [5, 5.41) is 10.4. The van der Waals surface area contributed by atoms with Gasteiger partial charge in [-0.05, 0) is 73.2 Å². The number of benzene rings is 1. The number of aryl methyl sites for hydroxylation is 1. The van der Waals surface area contributed by atoms with Crippen molar-refractivity contribution in [1.82, 2.24) is 30.4 Å². The molecule has 42 heavy (non-hydrogen) atoms. The van der Waals surface area contributed by atoms with E-state index in [1.165, 1.54) is 27.8 Å². The Hall–Kier alpha value is -3.60. The Morgan fingerprint density at radius 2 is 1.95 bits per heavy atom. The van der Waals surface area contributed by atoms with Crippen LogP contribution in [0.5, 0.6) is 0 Å². The van der Waals surface area contributed by atoms with Gasteiger partial charge in [0.25, 0.3) is 5.91 Å². The van der Waals surface area contributed by atoms with Gasteiger partial charge >= 0.3 is 0 Å². The minimum absolute atomic E-state index is 0.104. The van der Waals surface area contributed by atoms with Gasteiger partial charge in [0.1, 0.15) is 17.6 Å². The van der Waals surface area contributed by atoms with Gasteiger partial charge in [-0.2, -0.15) is 5.10 Å². The third kappa shape index (κ3) is 6.88. The average Bonchev–Trinajstić information content (AvgIpc) is 3.54. The first-order chi connectivity index (χ1) is 20.1. The Balaban J connectivity index is 1.34. The highest BCUT2D eigenvalue weighted by Crippen LogP contribution is 2.45. The Morgan fingerprint density at radius 1 is 1.19 bits per heavy atom. The van der Waals surface area contributed by atoms with E-state index in [1.54, 1.807) is 25.5 Å². The van der Waals surface area contributed by atoms with Crippen molar-refractivity contribution in [2.45, 2.75) is 82.2 Å². The first-order valence-corrected chi connectivity index (χ1v) is 16.3. The molecule has 0 aliphatic heterocycles. The van der Waals surface area contributed by atoms with E-state index in [9.17, 15) is 14.4 Å². The predicted octanol–water partition coefficient (Wildman–Crippen LogP) is 2.99. The van der Waals surface area contributed by atoms with E-state index in [2.05, 4.69) is 32.6 Å². The van der Waals surface area contributed by atoms with Gasteiger partial charge in [0, 0.05) is 36.2 Å². The van der Waals surface area contributed by atoms with Crippen molar-refractivity contribution in [3.63, 3.8) is 0 Å². The number of aliphatic imine (C=N–C) groups is 1. The molecule has 10 nitrogen and oxygen atoms in total. The molecular formula is C31H43N7O3Si. The van der Waals surface area contributed by atoms with Crippen molar-refractivity contribution in [1.29, 1.82) is 0 Å². The number of amides is 3. The molecule has 0 spiro atoms. The minimum Gasteiger partial charge on any atom is -0.355 e. The highest BCUT2D eigenvalue weighted by molar-refractivity contribution is 6.14. The summed E-state index contributed by atoms with van der Waals surface area (Å²) in [5.41, 5.74) is 2.94. The number of likely N-dealkylation sites (N-methyl/N-ethyl adjacent to an activating group) is 1. The second-order valence-electron chi connectivity index (χ2n) is 12.7. The van der Waals surface area contributed by atoms with Crippen LogP contribution in [0.15, 0.2) is 35.5 Å². The molecule has 2 saturated carbocycles. The molecule has 0 radical (unpaired) electrons. The maximum atomic E-state index is 13.0. The predicted molar refractivity (Wildman–Crippen MR) is 167 cm³/mol. The number of aromatic nitrogens is 4. The van der Waals surface area contributed by atoms with Crippen LogP contribution in [-0.4, -0.2) is 66.5 Å². The smallest absolute Gasteiger partial charge is 0.294 e. The highest BCUT2D eigenvalue weighted by Gasteiger charge is 2.34. The van der Waals surface area contributed by atoms with Crippen molar-refractivity contribution >= 4 is 45.2 Å². The van der Waals surface area contributed by atoms with E-state index in [-0.39, 0.29) is 36.0 Å². The zero-order valence-corrected chi connectivity index (χ0v) is 27.2. The Morgan fingerprint density at radius 3 is 2.60 bits per heavy atom. The maximum absolute atomic E-state index is 13.0. The number of H-pyrrole nitrogens is 1. The van der Waals surface area contributed by atoms with Crippen LogP contribution in [0.3, 0.4) is 0 Å². The van der Waals surface area contributed by atoms with E-state index in [1.807, 2.05) is 25.1 Å². The first-order valence-electron chi connectivity index (χ1n) is 15.3. The molecule has 2 aliphatic rings. The van der Waals surface area contributed by atoms with Gasteiger partial charge in [0.15, 0.2) is 0 Å². The largest absolute Gasteiger partial charge is 0.355 e. The molecule has 2 aliphatic carbocycles. The molecule has 1 aromatic carbocycles. The van der Waals surface area contributed by atoms with Gasteiger partial charge in [-0.25, -0.2) is 9.98 Å². The number of rotatable bonds is 10. The van der Waals surface area contributed by atoms with Gasteiger partial charge in [-0.15, -0.1) is 0 Å². The summed E-state index contributed by atoms with van der Waals surface area (Å²) >= 11 is 0. The molecule has 3 N–H and O–H groups in total. The van der Waals surface area contributed by atoms with E-state index in [0.717, 1.165) is 54.5 Å². The topological polar surface area (TPSA) is 134 Å². The number of nitrogens with zero attached hydrogens (tertiary/aromatic N) is 4. The number of hydrogen-bond acceptors (Lipinski definition) is 5. The Labute approximate surface area is 250 Å². The van der Waals surface area contributed by atoms with E-state index < -0.39 is 6.04 Å². The van der Waals surface area contributed by atoms with Gasteiger partial charge in [-0.1, -0.05) is 32.3 Å². The van der Waals surface area contributed by atoms with E-state index >= 15 is 0 Å². The van der Waals surface area contributed by atoms with Crippen LogP contribution in [0.4, 0.5) is 0 Å². The third-order valence-electron chi connectivity index (χ3n) is 9.10. The molecule has 11 heteroatoms. The van der Waals surface area contributed by atoms with Crippen molar-refractivity contribution in [3.05, 3.63) is 47.5 Å². The number of fused-ring (bicyclic) bond motifs is 1. The molecule has 1 unspecified atom stereocenters. The number of hydrogen-bond donors (Lipinski definition) is 3. The molecule has 2 atom stereocenters. The maximum Gasteiger partial charge on any atom is 0.294 e. The fourth-order valence-electron chi connectivity index (χ4n) is 6.20. The fourth-order valence-corrected chi connectivity index (χ4v) is 6.78. The van der Waals surface area contributed by atoms with Crippen molar-refractivity contribution in [3.8, 4) is 0 Å². The molecule has 3 aromatic rings. The summed E-state index contributed by atoms with van der Waals surface area (Å²) in [6.07, 6.45) is 11.0. The SMILES string of the molecule is CCNC(=O)[C@H](NC(=O)Cc1ccc2nc(C(/C=N/C(=O)c3ccnn3C)C3CCC(C)([SiH3])CC3)[nH]c2c1)C1CCC1. The summed E-state index contributed by atoms with van der Waals surface area (Å²) in [6.45, 7) is 4.80. The van der Waals surface area contributed by atoms with Crippen LogP contribution in [0.25, 0.3) is 11.0 Å². The Kier molecular flexibility index (Phi) is 9.05. The number of carbonyl (C=O) groups is 3. The standard InChI is InChI=1S/C31H43N7O3Si/c1-4-32-30(41)27(21-6-5-7-21)37-26(39)17-19-8-9-23-24(16-19)36-28(35-23)22(20-10-13-31(2,42)14-11-20)18-33-29(40)25-12-15-34-38(25)3/h8-9,12,15-16,18,20-22,27H,4-7,10-11,13-14,17H2,1-3,42H3,(H,32,41)(H,35,36)(H,37,39)/b33-18+/t20?,22?,27-,31?/m1/s1. The summed E-state index contributed by atoms with van der Waals surface area (Å²) in [7, 11) is 2.90. The molecule has 2 fully saturated rings. The molecular weight excluding hydrogens is 546 g/mol. The van der Waals surface area contributed by atoms with Crippen LogP contribution >= 0.6 is 0 Å². The summed E-state index contributed by atoms with van der Waals surface area (Å²) in [6, 6.07) is 6.99. The van der Waals surface area contributed by atoms with Gasteiger partial charge in [-0.3, -0.25) is 19.1 Å². The number of imidazole rings is 1. The number of aromatic amines is 1. The minimum atomic E-state index is -0.481. The first kappa shape index (κ1) is 29.9. The zero-order chi connectivity index (χ0) is 29.9. The molecule has 3 amide bonds. The summed E-state index contributed by atoms with van der Waals surface area (Å²) < 4.78 is 1.53. The zero-order valence-electron chi connectivity index (χ0n) is 25.2. The van der Waals surface area contributed by atoms with Gasteiger partial charge in [0.05, 0.1) is 23.4 Å². The van der Waals surface area contributed by atoms with Crippen molar-refractivity contribution in [2.24, 2.45) is 23.9 Å². The molecule has 224 valence electrons. The highest BCUT2D eigenvalue weighted by atomic mass is 28.1. The monoisotopic (exact) mass is 589 g/mol. The lowest BCUT2D eigenvalue weighted by Crippen LogP contribution is -2.52. The van der Waals surface area contributed by atoms with Crippen LogP contribution in [0.2, 0.25) is 5.04 Å². The Bertz CT molecular complexity index is 1460. The summed E-state index contributed by atoms with van der Waals surface area (Å²) in [5.74, 6) is 0.612. The summed E-state index contributed by atoms with van der Waals surface area (Å²) in [4.78, 5) is 51.2. The van der Waals surface area contributed by atoms with Crippen LogP contribution < -0.4 is 10.6 Å². The fraction of sp³-hybridized carbons (Fsp3) is 0.548. The third-order valence-corrected chi connectivity index (χ3v) is 10.1. The lowest BCUT2D eigenvalue weighted by Gasteiger charge is -2.36. The van der Waals surface area contributed by atoms with Crippen molar-refractivity contribution < 1.29 is 14.4 Å². The van der Waals surface area contributed by atoms with Crippen molar-refractivity contribution in [2.75, 3.05) is 6.54 Å². The molecule has 0 saturated heterocycles.